The lowest BCUT2D eigenvalue weighted by Crippen LogP contribution is -2.38. The van der Waals surface area contributed by atoms with Gasteiger partial charge in [0.05, 0.1) is 41.9 Å². The van der Waals surface area contributed by atoms with E-state index >= 15 is 0 Å². The molecule has 2 aliphatic rings. The maximum absolute atomic E-state index is 13.2. The Kier molecular flexibility index (Phi) is 7.63. The van der Waals surface area contributed by atoms with E-state index in [2.05, 4.69) is 11.9 Å². The fraction of sp³-hybridized carbons (Fsp3) is 0.538. The summed E-state index contributed by atoms with van der Waals surface area (Å²) in [4.78, 5) is 12.5. The van der Waals surface area contributed by atoms with Crippen LogP contribution in [0.5, 0.6) is 5.75 Å². The van der Waals surface area contributed by atoms with E-state index in [1.165, 1.54) is 18.7 Å². The van der Waals surface area contributed by atoms with E-state index in [9.17, 15) is 18.0 Å². The number of halogens is 3. The zero-order valence-corrected chi connectivity index (χ0v) is 20.7. The quantitative estimate of drug-likeness (QED) is 0.435. The number of alkyl halides is 3. The molecule has 3 heterocycles. The molecular weight excluding hydrogens is 475 g/mol. The molecular formula is C26H32F3N3O4. The van der Waals surface area contributed by atoms with Crippen molar-refractivity contribution < 1.29 is 32.2 Å². The molecule has 0 atom stereocenters. The highest BCUT2D eigenvalue weighted by Crippen LogP contribution is 2.39. The highest BCUT2D eigenvalue weighted by molar-refractivity contribution is 5.90. The average molecular weight is 508 g/mol. The molecule has 10 heteroatoms. The third kappa shape index (κ3) is 5.53. The van der Waals surface area contributed by atoms with E-state index < -0.39 is 17.7 Å². The first-order valence-corrected chi connectivity index (χ1v) is 12.2. The van der Waals surface area contributed by atoms with Crippen molar-refractivity contribution in [1.29, 1.82) is 0 Å². The number of hydrogen-bond donors (Lipinski definition) is 1. The van der Waals surface area contributed by atoms with E-state index in [0.717, 1.165) is 68.2 Å². The van der Waals surface area contributed by atoms with Crippen LogP contribution < -0.4 is 10.1 Å². The molecule has 0 unspecified atom stereocenters. The van der Waals surface area contributed by atoms with Gasteiger partial charge in [0.1, 0.15) is 5.75 Å². The van der Waals surface area contributed by atoms with E-state index in [0.29, 0.717) is 19.4 Å². The second-order valence-corrected chi connectivity index (χ2v) is 9.40. The van der Waals surface area contributed by atoms with Crippen LogP contribution in [-0.2, 0) is 35.0 Å². The van der Waals surface area contributed by atoms with Gasteiger partial charge in [-0.1, -0.05) is 6.58 Å². The van der Waals surface area contributed by atoms with Crippen molar-refractivity contribution in [3.63, 3.8) is 0 Å². The average Bonchev–Trinajstić information content (AvgIpc) is 3.14. The van der Waals surface area contributed by atoms with Crippen LogP contribution in [0.1, 0.15) is 59.1 Å². The summed E-state index contributed by atoms with van der Waals surface area (Å²) in [6.07, 6.45) is -0.737. The minimum Gasteiger partial charge on any atom is -0.497 e. The van der Waals surface area contributed by atoms with E-state index in [1.54, 1.807) is 0 Å². The predicted molar refractivity (Wildman–Crippen MR) is 128 cm³/mol. The number of esters is 1. The lowest BCUT2D eigenvalue weighted by molar-refractivity contribution is -0.137. The van der Waals surface area contributed by atoms with Gasteiger partial charge in [0.2, 0.25) is 0 Å². The third-order valence-electron chi connectivity index (χ3n) is 7.00. The number of aromatic nitrogens is 2. The second kappa shape index (κ2) is 10.5. The molecule has 0 aliphatic carbocycles. The molecule has 1 saturated heterocycles. The minimum absolute atomic E-state index is 0.0551. The first-order chi connectivity index (χ1) is 17.2. The van der Waals surface area contributed by atoms with Crippen molar-refractivity contribution in [1.82, 2.24) is 15.1 Å². The number of carbonyl (C=O) groups is 1. The molecule has 7 nitrogen and oxygen atoms in total. The normalized spacial score (nSPS) is 17.3. The van der Waals surface area contributed by atoms with Crippen molar-refractivity contribution in [2.45, 2.75) is 51.7 Å². The molecule has 1 spiro atoms. The van der Waals surface area contributed by atoms with Gasteiger partial charge in [-0.25, -0.2) is 4.79 Å². The van der Waals surface area contributed by atoms with Crippen molar-refractivity contribution >= 4 is 11.7 Å². The van der Waals surface area contributed by atoms with Crippen LogP contribution in [0.15, 0.2) is 24.8 Å². The largest absolute Gasteiger partial charge is 0.497 e. The molecule has 1 N–H and O–H groups in total. The van der Waals surface area contributed by atoms with Crippen LogP contribution in [0.2, 0.25) is 0 Å². The van der Waals surface area contributed by atoms with Crippen molar-refractivity contribution in [2.75, 3.05) is 33.5 Å². The summed E-state index contributed by atoms with van der Waals surface area (Å²) in [6, 6.07) is 2.87. The van der Waals surface area contributed by atoms with Gasteiger partial charge in [-0.15, -0.1) is 0 Å². The Balaban J connectivity index is 1.45. The number of aryl methyl sites for hydroxylation is 2. The van der Waals surface area contributed by atoms with Crippen LogP contribution in [0, 0.1) is 5.41 Å². The predicted octanol–water partition coefficient (Wildman–Crippen LogP) is 4.63. The van der Waals surface area contributed by atoms with Crippen LogP contribution in [-0.4, -0.2) is 49.2 Å². The van der Waals surface area contributed by atoms with Gasteiger partial charge >= 0.3 is 12.1 Å². The number of hydrogen-bond acceptors (Lipinski definition) is 6. The zero-order chi connectivity index (χ0) is 25.9. The molecule has 36 heavy (non-hydrogen) atoms. The highest BCUT2D eigenvalue weighted by Gasteiger charge is 2.38. The Morgan fingerprint density at radius 1 is 1.28 bits per heavy atom. The Morgan fingerprint density at radius 2 is 2.03 bits per heavy atom. The molecule has 1 aromatic carbocycles. The monoisotopic (exact) mass is 507 g/mol. The summed E-state index contributed by atoms with van der Waals surface area (Å²) in [5, 5.41) is 8.32. The van der Waals surface area contributed by atoms with Crippen LogP contribution in [0.4, 0.5) is 13.2 Å². The van der Waals surface area contributed by atoms with Crippen LogP contribution >= 0.6 is 0 Å². The molecule has 2 aromatic rings. The second-order valence-electron chi connectivity index (χ2n) is 9.40. The van der Waals surface area contributed by atoms with Gasteiger partial charge in [0.15, 0.2) is 0 Å². The van der Waals surface area contributed by atoms with Crippen LogP contribution in [0.25, 0.3) is 5.70 Å². The van der Waals surface area contributed by atoms with Crippen molar-refractivity contribution in [3.05, 3.63) is 52.9 Å². The Morgan fingerprint density at radius 3 is 2.69 bits per heavy atom. The molecule has 0 radical (unpaired) electrons. The van der Waals surface area contributed by atoms with Gasteiger partial charge in [0, 0.05) is 31.9 Å². The van der Waals surface area contributed by atoms with Gasteiger partial charge in [-0.05, 0) is 62.6 Å². The molecule has 0 saturated carbocycles. The minimum atomic E-state index is -4.60. The number of benzene rings is 1. The summed E-state index contributed by atoms with van der Waals surface area (Å²) in [5.74, 6) is -0.878. The summed E-state index contributed by atoms with van der Waals surface area (Å²) in [6.45, 7) is 9.34. The molecule has 1 aromatic heterocycles. The van der Waals surface area contributed by atoms with E-state index in [-0.39, 0.29) is 23.3 Å². The first kappa shape index (κ1) is 26.1. The van der Waals surface area contributed by atoms with Gasteiger partial charge in [-0.3, -0.25) is 4.68 Å². The number of rotatable bonds is 7. The number of nitrogens with zero attached hydrogens (tertiary/aromatic N) is 2. The molecule has 2 aliphatic heterocycles. The fourth-order valence-electron chi connectivity index (χ4n) is 4.96. The Bertz CT molecular complexity index is 1120. The maximum Gasteiger partial charge on any atom is 0.416 e. The molecule has 0 bridgehead atoms. The number of carbonyl (C=O) groups excluding carboxylic acids is 1. The number of fused-ring (bicyclic) bond motifs is 1. The van der Waals surface area contributed by atoms with Crippen molar-refractivity contribution in [2.24, 2.45) is 5.41 Å². The number of methoxy groups -OCH3 is 1. The lowest BCUT2D eigenvalue weighted by Gasteiger charge is -2.36. The molecule has 4 rings (SSSR count). The zero-order valence-electron chi connectivity index (χ0n) is 20.7. The highest BCUT2D eigenvalue weighted by atomic mass is 19.4. The SMILES string of the molecule is C=C1NCC2(CCOCC2)Cc2c(CCCOC(=O)c3cc(OC)cc(C(F)(F)F)c3)nn(CC)c21. The first-order valence-electron chi connectivity index (χ1n) is 12.2. The molecule has 196 valence electrons. The smallest absolute Gasteiger partial charge is 0.416 e. The Labute approximate surface area is 208 Å². The molecule has 1 fully saturated rings. The van der Waals surface area contributed by atoms with Crippen molar-refractivity contribution in [3.8, 4) is 5.75 Å². The Hall–Kier alpha value is -3.01. The lowest BCUT2D eigenvalue weighted by atomic mass is 9.75. The van der Waals surface area contributed by atoms with Gasteiger partial charge in [0.25, 0.3) is 0 Å². The fourth-order valence-corrected chi connectivity index (χ4v) is 4.96. The molecule has 0 amide bonds. The van der Waals surface area contributed by atoms with Crippen LogP contribution in [0.3, 0.4) is 0 Å². The van der Waals surface area contributed by atoms with E-state index in [1.807, 2.05) is 11.6 Å². The number of ether oxygens (including phenoxy) is 3. The summed E-state index contributed by atoms with van der Waals surface area (Å²) in [5.41, 5.74) is 2.91. The third-order valence-corrected chi connectivity index (χ3v) is 7.00. The number of nitrogens with one attached hydrogen (secondary N) is 1. The maximum atomic E-state index is 13.2. The summed E-state index contributed by atoms with van der Waals surface area (Å²) in [7, 11) is 1.25. The van der Waals surface area contributed by atoms with Gasteiger partial charge < -0.3 is 19.5 Å². The topological polar surface area (TPSA) is 74.6 Å². The van der Waals surface area contributed by atoms with Gasteiger partial charge in [-0.2, -0.15) is 18.3 Å². The summed E-state index contributed by atoms with van der Waals surface area (Å²) >= 11 is 0. The summed E-state index contributed by atoms with van der Waals surface area (Å²) < 4.78 is 57.3. The standard InChI is InChI=1S/C26H32F3N3O4/c1-4-32-23-17(2)30-16-25(7-10-35-11-8-25)15-21(23)22(31-32)6-5-9-36-24(33)18-12-19(26(27,28)29)14-20(13-18)34-3/h12-14,30H,2,4-11,15-16H2,1,3H3. The van der Waals surface area contributed by atoms with E-state index in [4.69, 9.17) is 19.3 Å².